The fourth-order valence-corrected chi connectivity index (χ4v) is 3.37. The number of rotatable bonds is 4. The fraction of sp³-hybridized carbons (Fsp3) is 0.176. The molecule has 0 aliphatic rings. The van der Waals surface area contributed by atoms with Crippen LogP contribution in [0.1, 0.15) is 16.5 Å². The van der Waals surface area contributed by atoms with E-state index in [0.717, 1.165) is 15.0 Å². The van der Waals surface area contributed by atoms with E-state index in [2.05, 4.69) is 5.32 Å². The van der Waals surface area contributed by atoms with Gasteiger partial charge in [-0.3, -0.25) is 0 Å². The summed E-state index contributed by atoms with van der Waals surface area (Å²) in [6.45, 7) is 0.486. The van der Waals surface area contributed by atoms with Crippen molar-refractivity contribution in [3.63, 3.8) is 0 Å². The number of aromatic hydroxyl groups is 1. The highest BCUT2D eigenvalue weighted by Crippen LogP contribution is 2.34. The Morgan fingerprint density at radius 3 is 2.42 bits per heavy atom. The fourth-order valence-electron chi connectivity index (χ4n) is 2.35. The summed E-state index contributed by atoms with van der Waals surface area (Å²) < 4.78 is 38.3. The predicted molar refractivity (Wildman–Crippen MR) is 88.3 cm³/mol. The van der Waals surface area contributed by atoms with Crippen molar-refractivity contribution in [2.75, 3.05) is 5.32 Å². The van der Waals surface area contributed by atoms with E-state index in [-0.39, 0.29) is 11.3 Å². The van der Waals surface area contributed by atoms with Gasteiger partial charge in [0.15, 0.2) is 6.10 Å². The van der Waals surface area contributed by atoms with Crippen molar-refractivity contribution in [2.45, 2.75) is 18.8 Å². The molecule has 0 aliphatic heterocycles. The molecule has 0 saturated carbocycles. The average Bonchev–Trinajstić information content (AvgIpc) is 2.96. The molecular weight excluding hydrogens is 339 g/mol. The van der Waals surface area contributed by atoms with Crippen molar-refractivity contribution in [2.24, 2.45) is 0 Å². The summed E-state index contributed by atoms with van der Waals surface area (Å²) in [7, 11) is 0. The van der Waals surface area contributed by atoms with Crippen LogP contribution >= 0.6 is 11.3 Å². The Hall–Kier alpha value is -2.25. The third kappa shape index (κ3) is 3.47. The van der Waals surface area contributed by atoms with Crippen molar-refractivity contribution < 1.29 is 23.4 Å². The molecule has 1 aromatic heterocycles. The third-order valence-electron chi connectivity index (χ3n) is 3.59. The molecule has 0 saturated heterocycles. The lowest BCUT2D eigenvalue weighted by Gasteiger charge is -2.15. The minimum absolute atomic E-state index is 0.195. The van der Waals surface area contributed by atoms with Gasteiger partial charge in [-0.15, -0.1) is 11.3 Å². The van der Waals surface area contributed by atoms with Crippen LogP contribution in [-0.2, 0) is 6.54 Å². The second-order valence-corrected chi connectivity index (χ2v) is 6.49. The second kappa shape index (κ2) is 6.33. The van der Waals surface area contributed by atoms with Crippen LogP contribution in [0.4, 0.5) is 18.9 Å². The third-order valence-corrected chi connectivity index (χ3v) is 4.69. The Bertz CT molecular complexity index is 843. The predicted octanol–water partition coefficient (Wildman–Crippen LogP) is 4.81. The maximum absolute atomic E-state index is 12.5. The van der Waals surface area contributed by atoms with Gasteiger partial charge in [0.2, 0.25) is 0 Å². The Kier molecular flexibility index (Phi) is 4.38. The number of phenolic OH excluding ortho intramolecular Hbond substituents is 1. The van der Waals surface area contributed by atoms with Gasteiger partial charge in [0.05, 0.1) is 0 Å². The molecule has 0 amide bonds. The smallest absolute Gasteiger partial charge is 0.418 e. The molecule has 1 unspecified atom stereocenters. The molecule has 1 heterocycles. The first-order valence-electron chi connectivity index (χ1n) is 7.13. The van der Waals surface area contributed by atoms with Gasteiger partial charge >= 0.3 is 6.18 Å². The van der Waals surface area contributed by atoms with Gasteiger partial charge in [0.25, 0.3) is 0 Å². The van der Waals surface area contributed by atoms with E-state index in [1.165, 1.54) is 35.6 Å². The van der Waals surface area contributed by atoms with Gasteiger partial charge in [-0.2, -0.15) is 13.2 Å². The van der Waals surface area contributed by atoms with Gasteiger partial charge in [-0.05, 0) is 35.9 Å². The number of halogens is 3. The molecule has 0 fully saturated rings. The van der Waals surface area contributed by atoms with Crippen molar-refractivity contribution >= 4 is 27.1 Å². The summed E-state index contributed by atoms with van der Waals surface area (Å²) in [5.74, 6) is 0.223. The molecular formula is C17H14F3NO2S. The Morgan fingerprint density at radius 2 is 1.79 bits per heavy atom. The molecule has 7 heteroatoms. The van der Waals surface area contributed by atoms with Crippen molar-refractivity contribution in [1.82, 2.24) is 0 Å². The highest BCUT2D eigenvalue weighted by Gasteiger charge is 2.39. The number of fused-ring (bicyclic) bond motifs is 1. The first-order valence-corrected chi connectivity index (χ1v) is 7.95. The maximum atomic E-state index is 12.5. The topological polar surface area (TPSA) is 52.5 Å². The first-order chi connectivity index (χ1) is 11.3. The van der Waals surface area contributed by atoms with E-state index in [4.69, 9.17) is 0 Å². The standard InChI is InChI=1S/C17H14F3NO2S/c18-17(19,20)16(23)10-4-6-11(7-5-10)21-9-12-8-13-14(22)2-1-3-15(13)24-12/h1-8,16,21-23H,9H2. The van der Waals surface area contributed by atoms with Crippen molar-refractivity contribution in [3.8, 4) is 5.75 Å². The molecule has 2 aromatic carbocycles. The van der Waals surface area contributed by atoms with Crippen LogP contribution in [0.5, 0.6) is 5.75 Å². The largest absolute Gasteiger partial charge is 0.507 e. The zero-order valence-electron chi connectivity index (χ0n) is 12.3. The molecule has 1 atom stereocenters. The van der Waals surface area contributed by atoms with Crippen LogP contribution in [0, 0.1) is 0 Å². The van der Waals surface area contributed by atoms with Gasteiger partial charge in [-0.1, -0.05) is 18.2 Å². The normalized spacial score (nSPS) is 13.2. The number of nitrogens with one attached hydrogen (secondary N) is 1. The molecule has 24 heavy (non-hydrogen) atoms. The number of benzene rings is 2. The SMILES string of the molecule is Oc1cccc2sc(CNc3ccc(C(O)C(F)(F)F)cc3)cc12. The summed E-state index contributed by atoms with van der Waals surface area (Å²) >= 11 is 1.53. The zero-order valence-corrected chi connectivity index (χ0v) is 13.2. The van der Waals surface area contributed by atoms with E-state index >= 15 is 0 Å². The number of aliphatic hydroxyl groups is 1. The average molecular weight is 353 g/mol. The monoisotopic (exact) mass is 353 g/mol. The first kappa shape index (κ1) is 16.6. The lowest BCUT2D eigenvalue weighted by Crippen LogP contribution is -2.20. The van der Waals surface area contributed by atoms with Gasteiger partial charge in [0, 0.05) is 27.2 Å². The summed E-state index contributed by atoms with van der Waals surface area (Å²) in [5, 5.41) is 22.9. The molecule has 126 valence electrons. The Labute approximate surface area is 140 Å². The number of thiophene rings is 1. The van der Waals surface area contributed by atoms with Crippen molar-refractivity contribution in [1.29, 1.82) is 0 Å². The van der Waals surface area contributed by atoms with Crippen LogP contribution in [0.3, 0.4) is 0 Å². The molecule has 3 nitrogen and oxygen atoms in total. The molecule has 0 bridgehead atoms. The van der Waals surface area contributed by atoms with Crippen LogP contribution in [0.25, 0.3) is 10.1 Å². The highest BCUT2D eigenvalue weighted by atomic mass is 32.1. The van der Waals surface area contributed by atoms with E-state index in [0.29, 0.717) is 12.2 Å². The highest BCUT2D eigenvalue weighted by molar-refractivity contribution is 7.19. The zero-order chi connectivity index (χ0) is 17.3. The Balaban J connectivity index is 1.69. The van der Waals surface area contributed by atoms with Crippen molar-refractivity contribution in [3.05, 3.63) is 59.0 Å². The van der Waals surface area contributed by atoms with E-state index in [9.17, 15) is 23.4 Å². The van der Waals surface area contributed by atoms with E-state index in [1.807, 2.05) is 12.1 Å². The molecule has 3 N–H and O–H groups in total. The van der Waals surface area contributed by atoms with Gasteiger partial charge in [0.1, 0.15) is 5.75 Å². The number of aliphatic hydroxyl groups excluding tert-OH is 1. The molecule has 3 rings (SSSR count). The minimum Gasteiger partial charge on any atom is -0.507 e. The summed E-state index contributed by atoms with van der Waals surface area (Å²) in [6, 6.07) is 12.7. The molecule has 0 spiro atoms. The van der Waals surface area contributed by atoms with Crippen LogP contribution < -0.4 is 5.32 Å². The lowest BCUT2D eigenvalue weighted by molar-refractivity contribution is -0.206. The molecule has 0 aliphatic carbocycles. The Morgan fingerprint density at radius 1 is 1.08 bits per heavy atom. The summed E-state index contributed by atoms with van der Waals surface area (Å²) in [4.78, 5) is 0.992. The van der Waals surface area contributed by atoms with E-state index in [1.54, 1.807) is 12.1 Å². The number of alkyl halides is 3. The summed E-state index contributed by atoms with van der Waals surface area (Å²) in [6.07, 6.45) is -7.15. The van der Waals surface area contributed by atoms with Crippen LogP contribution in [0.2, 0.25) is 0 Å². The lowest BCUT2D eigenvalue weighted by atomic mass is 10.1. The van der Waals surface area contributed by atoms with Gasteiger partial charge < -0.3 is 15.5 Å². The van der Waals surface area contributed by atoms with Crippen LogP contribution in [0.15, 0.2) is 48.5 Å². The van der Waals surface area contributed by atoms with Gasteiger partial charge in [-0.25, -0.2) is 0 Å². The maximum Gasteiger partial charge on any atom is 0.418 e. The number of hydrogen-bond acceptors (Lipinski definition) is 4. The molecule has 0 radical (unpaired) electrons. The number of anilines is 1. The molecule has 3 aromatic rings. The number of phenols is 1. The minimum atomic E-state index is -4.67. The van der Waals surface area contributed by atoms with Crippen LogP contribution in [-0.4, -0.2) is 16.4 Å². The van der Waals surface area contributed by atoms with E-state index < -0.39 is 12.3 Å². The summed E-state index contributed by atoms with van der Waals surface area (Å²) in [5.41, 5.74) is 0.453. The second-order valence-electron chi connectivity index (χ2n) is 5.32. The number of hydrogen-bond donors (Lipinski definition) is 3. The quantitative estimate of drug-likeness (QED) is 0.631.